The molecule has 2 aliphatic rings. The Kier molecular flexibility index (Phi) is 5.23. The third-order valence-corrected chi connectivity index (χ3v) is 5.11. The normalized spacial score (nSPS) is 25.9. The van der Waals surface area contributed by atoms with Gasteiger partial charge in [0.2, 0.25) is 0 Å². The van der Waals surface area contributed by atoms with Crippen molar-refractivity contribution in [1.29, 1.82) is 0 Å². The molecule has 5 heteroatoms. The second-order valence-corrected chi connectivity index (χ2v) is 6.80. The molecule has 2 aliphatic carbocycles. The maximum Gasteiger partial charge on any atom is 0.308 e. The summed E-state index contributed by atoms with van der Waals surface area (Å²) in [6, 6.07) is 7.60. The van der Waals surface area contributed by atoms with Gasteiger partial charge in [0.05, 0.1) is 11.8 Å². The molecule has 0 spiro atoms. The summed E-state index contributed by atoms with van der Waals surface area (Å²) in [5, 5.41) is 14.7. The van der Waals surface area contributed by atoms with Crippen LogP contribution in [0, 0.1) is 11.8 Å². The molecule has 2 bridgehead atoms. The fourth-order valence-electron chi connectivity index (χ4n) is 4.21. The number of esters is 1. The van der Waals surface area contributed by atoms with Crippen molar-refractivity contribution in [2.24, 2.45) is 17.0 Å². The lowest BCUT2D eigenvalue weighted by molar-refractivity contribution is -0.131. The van der Waals surface area contributed by atoms with Crippen LogP contribution in [0.25, 0.3) is 5.57 Å². The van der Waals surface area contributed by atoms with E-state index in [1.165, 1.54) is 12.5 Å². The summed E-state index contributed by atoms with van der Waals surface area (Å²) in [7, 11) is 1.55. The third kappa shape index (κ3) is 3.61. The number of ether oxygens (including phenoxy) is 1. The maximum absolute atomic E-state index is 11.3. The van der Waals surface area contributed by atoms with Crippen LogP contribution >= 0.6 is 0 Å². The van der Waals surface area contributed by atoms with Crippen molar-refractivity contribution in [2.75, 3.05) is 7.11 Å². The Balaban J connectivity index is 2.10. The van der Waals surface area contributed by atoms with Crippen LogP contribution in [-0.2, 0) is 9.63 Å². The third-order valence-electron chi connectivity index (χ3n) is 5.11. The lowest BCUT2D eigenvalue weighted by Crippen LogP contribution is -2.23. The summed E-state index contributed by atoms with van der Waals surface area (Å²) in [6.07, 6.45) is 3.12. The van der Waals surface area contributed by atoms with Gasteiger partial charge in [-0.1, -0.05) is 24.2 Å². The number of benzene rings is 1. The van der Waals surface area contributed by atoms with Gasteiger partial charge in [0.25, 0.3) is 0 Å². The van der Waals surface area contributed by atoms with Crippen molar-refractivity contribution >= 4 is 17.3 Å². The Morgan fingerprint density at radius 3 is 2.84 bits per heavy atom. The van der Waals surface area contributed by atoms with Crippen molar-refractivity contribution in [3.63, 3.8) is 0 Å². The highest BCUT2D eigenvalue weighted by atomic mass is 16.6. The van der Waals surface area contributed by atoms with Crippen LogP contribution in [0.4, 0.5) is 0 Å². The lowest BCUT2D eigenvalue weighted by Gasteiger charge is -2.28. The molecule has 5 nitrogen and oxygen atoms in total. The number of aliphatic hydroxyl groups is 1. The Labute approximate surface area is 148 Å². The van der Waals surface area contributed by atoms with Gasteiger partial charge in [0.1, 0.15) is 12.9 Å². The van der Waals surface area contributed by atoms with E-state index in [0.717, 1.165) is 42.5 Å². The molecule has 0 aromatic heterocycles. The second-order valence-electron chi connectivity index (χ2n) is 6.80. The molecule has 0 heterocycles. The average molecular weight is 343 g/mol. The van der Waals surface area contributed by atoms with Crippen LogP contribution in [0.5, 0.6) is 5.75 Å². The predicted octanol–water partition coefficient (Wildman–Crippen LogP) is 3.57. The van der Waals surface area contributed by atoms with Crippen LogP contribution in [-0.4, -0.2) is 30.0 Å². The Morgan fingerprint density at radius 2 is 2.16 bits per heavy atom. The van der Waals surface area contributed by atoms with Crippen molar-refractivity contribution in [3.8, 4) is 5.75 Å². The Morgan fingerprint density at radius 1 is 1.36 bits per heavy atom. The minimum atomic E-state index is -0.333. The second kappa shape index (κ2) is 7.40. The van der Waals surface area contributed by atoms with E-state index < -0.39 is 0 Å². The smallest absolute Gasteiger partial charge is 0.308 e. The molecule has 1 aromatic rings. The highest BCUT2D eigenvalue weighted by Crippen LogP contribution is 2.49. The highest BCUT2D eigenvalue weighted by Gasteiger charge is 2.42. The van der Waals surface area contributed by atoms with Gasteiger partial charge in [0, 0.05) is 12.8 Å². The Hall–Kier alpha value is -2.14. The van der Waals surface area contributed by atoms with Crippen LogP contribution in [0.2, 0.25) is 0 Å². The monoisotopic (exact) mass is 343 g/mol. The predicted molar refractivity (Wildman–Crippen MR) is 96.2 cm³/mol. The molecule has 1 N–H and O–H groups in total. The molecule has 25 heavy (non-hydrogen) atoms. The van der Waals surface area contributed by atoms with E-state index >= 15 is 0 Å². The fourth-order valence-corrected chi connectivity index (χ4v) is 4.21. The first-order chi connectivity index (χ1) is 12.0. The van der Waals surface area contributed by atoms with E-state index in [1.807, 2.05) is 25.1 Å². The van der Waals surface area contributed by atoms with E-state index in [2.05, 4.69) is 5.16 Å². The first-order valence-electron chi connectivity index (χ1n) is 8.83. The van der Waals surface area contributed by atoms with Gasteiger partial charge >= 0.3 is 5.97 Å². The number of hydrogen-bond donors (Lipinski definition) is 1. The summed E-state index contributed by atoms with van der Waals surface area (Å²) in [4.78, 5) is 16.3. The number of rotatable bonds is 5. The molecule has 1 fully saturated rings. The zero-order valence-corrected chi connectivity index (χ0v) is 15.0. The van der Waals surface area contributed by atoms with E-state index in [1.54, 1.807) is 13.2 Å². The number of hydrogen-bond acceptors (Lipinski definition) is 5. The van der Waals surface area contributed by atoms with Crippen LogP contribution < -0.4 is 4.74 Å². The number of carbonyl (C=O) groups is 1. The fraction of sp³-hybridized carbons (Fsp3) is 0.500. The summed E-state index contributed by atoms with van der Waals surface area (Å²) in [5.41, 5.74) is 4.20. The van der Waals surface area contributed by atoms with Gasteiger partial charge in [-0.15, -0.1) is 0 Å². The molecule has 0 aliphatic heterocycles. The molecule has 0 amide bonds. The summed E-state index contributed by atoms with van der Waals surface area (Å²) in [6.45, 7) is 3.44. The molecular weight excluding hydrogens is 318 g/mol. The SMILES string of the molecule is CCC(=NOC)C1=C(c2cccc(OC(C)=O)c2)CC2CC(O)C1C2. The number of nitrogens with zero attached hydrogens (tertiary/aromatic N) is 1. The minimum Gasteiger partial charge on any atom is -0.427 e. The van der Waals surface area contributed by atoms with Gasteiger partial charge in [-0.25, -0.2) is 0 Å². The van der Waals surface area contributed by atoms with E-state index in [9.17, 15) is 9.90 Å². The van der Waals surface area contributed by atoms with Gasteiger partial charge in [-0.05, 0) is 60.4 Å². The molecule has 1 aromatic carbocycles. The first kappa shape index (κ1) is 17.7. The largest absolute Gasteiger partial charge is 0.427 e. The lowest BCUT2D eigenvalue weighted by atomic mass is 9.77. The molecule has 3 atom stereocenters. The van der Waals surface area contributed by atoms with Crippen LogP contribution in [0.15, 0.2) is 35.0 Å². The zero-order chi connectivity index (χ0) is 18.0. The number of fused-ring (bicyclic) bond motifs is 2. The highest BCUT2D eigenvalue weighted by molar-refractivity contribution is 6.07. The number of allylic oxidation sites excluding steroid dienone is 1. The summed E-state index contributed by atoms with van der Waals surface area (Å²) < 4.78 is 5.24. The topological polar surface area (TPSA) is 68.1 Å². The molecule has 0 radical (unpaired) electrons. The molecule has 3 rings (SSSR count). The summed E-state index contributed by atoms with van der Waals surface area (Å²) in [5.74, 6) is 0.787. The van der Waals surface area contributed by atoms with Crippen LogP contribution in [0.3, 0.4) is 0 Å². The average Bonchev–Trinajstić information content (AvgIpc) is 2.87. The maximum atomic E-state index is 11.3. The van der Waals surface area contributed by atoms with E-state index in [0.29, 0.717) is 11.7 Å². The molecular formula is C20H25NO4. The first-order valence-corrected chi connectivity index (χ1v) is 8.83. The number of carbonyl (C=O) groups excluding carboxylic acids is 1. The van der Waals surface area contributed by atoms with Crippen molar-refractivity contribution in [3.05, 3.63) is 35.4 Å². The minimum absolute atomic E-state index is 0.0972. The standard InChI is InChI=1S/C20H25NO4/c1-4-18(21-24-3)20-16(8-13-9-17(20)19(23)10-13)14-6-5-7-15(11-14)25-12(2)22/h5-7,11,13,17,19,23H,4,8-10H2,1-3H3. The van der Waals surface area contributed by atoms with Crippen molar-refractivity contribution in [2.45, 2.75) is 45.6 Å². The molecule has 3 unspecified atom stereocenters. The number of aliphatic hydroxyl groups excluding tert-OH is 1. The quantitative estimate of drug-likeness (QED) is 0.384. The molecule has 134 valence electrons. The summed E-state index contributed by atoms with van der Waals surface area (Å²) >= 11 is 0. The zero-order valence-electron chi connectivity index (χ0n) is 15.0. The van der Waals surface area contributed by atoms with Gasteiger partial charge < -0.3 is 14.7 Å². The Bertz CT molecular complexity index is 722. The van der Waals surface area contributed by atoms with Gasteiger partial charge in [-0.2, -0.15) is 0 Å². The number of oxime groups is 1. The molecule has 1 saturated carbocycles. The van der Waals surface area contributed by atoms with E-state index in [-0.39, 0.29) is 18.0 Å². The van der Waals surface area contributed by atoms with E-state index in [4.69, 9.17) is 9.57 Å². The van der Waals surface area contributed by atoms with Crippen molar-refractivity contribution in [1.82, 2.24) is 0 Å². The molecule has 0 saturated heterocycles. The van der Waals surface area contributed by atoms with Gasteiger partial charge in [0.15, 0.2) is 0 Å². The van der Waals surface area contributed by atoms with Gasteiger partial charge in [-0.3, -0.25) is 4.79 Å². The van der Waals surface area contributed by atoms with Crippen LogP contribution in [0.1, 0.15) is 45.1 Å². The van der Waals surface area contributed by atoms with Crippen molar-refractivity contribution < 1.29 is 19.5 Å².